The van der Waals surface area contributed by atoms with Gasteiger partial charge in [0.15, 0.2) is 0 Å². The van der Waals surface area contributed by atoms with Crippen molar-refractivity contribution in [1.29, 1.82) is 0 Å². The Balaban J connectivity index is 1.56. The van der Waals surface area contributed by atoms with Gasteiger partial charge in [-0.1, -0.05) is 42.8 Å². The molecule has 128 valence electrons. The van der Waals surface area contributed by atoms with Crippen molar-refractivity contribution in [2.75, 3.05) is 17.2 Å². The zero-order valence-corrected chi connectivity index (χ0v) is 14.9. The molecule has 2 N–H and O–H groups in total. The van der Waals surface area contributed by atoms with E-state index in [-0.39, 0.29) is 0 Å². The molecule has 0 radical (unpaired) electrons. The second-order valence-electron chi connectivity index (χ2n) is 5.74. The molecule has 0 fully saturated rings. The number of benzene rings is 2. The first kappa shape index (κ1) is 17.2. The van der Waals surface area contributed by atoms with Crippen LogP contribution in [0.15, 0.2) is 60.8 Å². The van der Waals surface area contributed by atoms with Gasteiger partial charge in [-0.2, -0.15) is 4.98 Å². The molecular weight excluding hydrogens is 332 g/mol. The first-order chi connectivity index (χ1) is 12.2. The first-order valence-corrected chi connectivity index (χ1v) is 8.78. The number of aryl methyl sites for hydroxylation is 1. The summed E-state index contributed by atoms with van der Waals surface area (Å²) in [4.78, 5) is 8.78. The van der Waals surface area contributed by atoms with Gasteiger partial charge >= 0.3 is 0 Å². The van der Waals surface area contributed by atoms with Crippen molar-refractivity contribution in [2.24, 2.45) is 0 Å². The van der Waals surface area contributed by atoms with E-state index in [1.807, 2.05) is 42.5 Å². The van der Waals surface area contributed by atoms with Crippen LogP contribution >= 0.6 is 11.6 Å². The molecule has 5 heteroatoms. The van der Waals surface area contributed by atoms with Gasteiger partial charge in [-0.3, -0.25) is 0 Å². The first-order valence-electron chi connectivity index (χ1n) is 8.40. The Kier molecular flexibility index (Phi) is 5.86. The SMILES string of the molecule is CCc1ccc(Nc2nccc(NCCc3ccc(Cl)cc3)n2)cc1. The molecule has 0 aliphatic heterocycles. The summed E-state index contributed by atoms with van der Waals surface area (Å²) in [6.45, 7) is 2.94. The molecule has 0 atom stereocenters. The monoisotopic (exact) mass is 352 g/mol. The van der Waals surface area contributed by atoms with E-state index >= 15 is 0 Å². The molecule has 25 heavy (non-hydrogen) atoms. The summed E-state index contributed by atoms with van der Waals surface area (Å²) < 4.78 is 0. The molecule has 2 aromatic carbocycles. The topological polar surface area (TPSA) is 49.8 Å². The van der Waals surface area contributed by atoms with E-state index < -0.39 is 0 Å². The van der Waals surface area contributed by atoms with Crippen molar-refractivity contribution in [3.8, 4) is 0 Å². The molecule has 0 aliphatic carbocycles. The fourth-order valence-electron chi connectivity index (χ4n) is 2.46. The van der Waals surface area contributed by atoms with Crippen LogP contribution in [0, 0.1) is 0 Å². The van der Waals surface area contributed by atoms with Crippen LogP contribution in [0.25, 0.3) is 0 Å². The average Bonchev–Trinajstić information content (AvgIpc) is 2.64. The van der Waals surface area contributed by atoms with Gasteiger partial charge in [-0.05, 0) is 54.3 Å². The highest BCUT2D eigenvalue weighted by Gasteiger charge is 2.01. The fraction of sp³-hybridized carbons (Fsp3) is 0.200. The molecule has 3 aromatic rings. The normalized spacial score (nSPS) is 10.5. The Labute approximate surface area is 153 Å². The highest BCUT2D eigenvalue weighted by atomic mass is 35.5. The minimum absolute atomic E-state index is 0.584. The molecule has 0 spiro atoms. The fourth-order valence-corrected chi connectivity index (χ4v) is 2.58. The van der Waals surface area contributed by atoms with Crippen molar-refractivity contribution in [3.63, 3.8) is 0 Å². The molecule has 1 aromatic heterocycles. The van der Waals surface area contributed by atoms with Crippen molar-refractivity contribution >= 4 is 29.1 Å². The molecule has 0 aliphatic rings. The summed E-state index contributed by atoms with van der Waals surface area (Å²) in [6.07, 6.45) is 3.69. The molecular formula is C20H21ClN4. The van der Waals surface area contributed by atoms with Gasteiger partial charge in [0.05, 0.1) is 0 Å². The predicted octanol–water partition coefficient (Wildman–Crippen LogP) is 5.09. The molecule has 0 unspecified atom stereocenters. The van der Waals surface area contributed by atoms with Gasteiger partial charge < -0.3 is 10.6 Å². The van der Waals surface area contributed by atoms with Crippen LogP contribution in [0.4, 0.5) is 17.5 Å². The number of rotatable bonds is 7. The largest absolute Gasteiger partial charge is 0.370 e. The Morgan fingerprint density at radius 1 is 0.920 bits per heavy atom. The third-order valence-electron chi connectivity index (χ3n) is 3.91. The summed E-state index contributed by atoms with van der Waals surface area (Å²) in [7, 11) is 0. The zero-order chi connectivity index (χ0) is 17.5. The molecule has 4 nitrogen and oxygen atoms in total. The summed E-state index contributed by atoms with van der Waals surface area (Å²) >= 11 is 5.90. The van der Waals surface area contributed by atoms with Crippen LogP contribution in [-0.4, -0.2) is 16.5 Å². The second kappa shape index (κ2) is 8.49. The van der Waals surface area contributed by atoms with Gasteiger partial charge in [0.25, 0.3) is 0 Å². The average molecular weight is 353 g/mol. The van der Waals surface area contributed by atoms with Crippen LogP contribution in [0.5, 0.6) is 0 Å². The summed E-state index contributed by atoms with van der Waals surface area (Å²) in [5.74, 6) is 1.39. The van der Waals surface area contributed by atoms with Crippen molar-refractivity contribution in [2.45, 2.75) is 19.8 Å². The lowest BCUT2D eigenvalue weighted by molar-refractivity contribution is 1.00. The Bertz CT molecular complexity index is 801. The molecule has 0 saturated carbocycles. The van der Waals surface area contributed by atoms with Crippen molar-refractivity contribution in [1.82, 2.24) is 9.97 Å². The van der Waals surface area contributed by atoms with E-state index in [2.05, 4.69) is 39.7 Å². The van der Waals surface area contributed by atoms with E-state index in [9.17, 15) is 0 Å². The van der Waals surface area contributed by atoms with Crippen molar-refractivity contribution in [3.05, 3.63) is 76.9 Å². The Morgan fingerprint density at radius 3 is 2.36 bits per heavy atom. The second-order valence-corrected chi connectivity index (χ2v) is 6.18. The van der Waals surface area contributed by atoms with Gasteiger partial charge in [0, 0.05) is 23.5 Å². The molecule has 3 rings (SSSR count). The molecule has 0 amide bonds. The molecule has 1 heterocycles. The summed E-state index contributed by atoms with van der Waals surface area (Å²) in [5, 5.41) is 7.32. The number of nitrogens with zero attached hydrogens (tertiary/aromatic N) is 2. The molecule has 0 saturated heterocycles. The van der Waals surface area contributed by atoms with Gasteiger partial charge in [0.1, 0.15) is 5.82 Å². The maximum absolute atomic E-state index is 5.90. The predicted molar refractivity (Wildman–Crippen MR) is 105 cm³/mol. The van der Waals surface area contributed by atoms with Gasteiger partial charge in [-0.25, -0.2) is 4.98 Å². The number of nitrogens with one attached hydrogen (secondary N) is 2. The lowest BCUT2D eigenvalue weighted by atomic mass is 10.1. The summed E-state index contributed by atoms with van der Waals surface area (Å²) in [6, 6.07) is 18.1. The minimum Gasteiger partial charge on any atom is -0.370 e. The standard InChI is InChI=1S/C20H21ClN4/c1-2-15-5-9-18(10-6-15)24-20-23-14-12-19(25-20)22-13-11-16-3-7-17(21)8-4-16/h3-10,12,14H,2,11,13H2,1H3,(H2,22,23,24,25). The van der Waals surface area contributed by atoms with E-state index in [4.69, 9.17) is 11.6 Å². The smallest absolute Gasteiger partial charge is 0.229 e. The van der Waals surface area contributed by atoms with Crippen LogP contribution < -0.4 is 10.6 Å². The Hall–Kier alpha value is -2.59. The number of hydrogen-bond acceptors (Lipinski definition) is 4. The van der Waals surface area contributed by atoms with Crippen LogP contribution in [0.1, 0.15) is 18.1 Å². The van der Waals surface area contributed by atoms with Crippen LogP contribution in [0.2, 0.25) is 5.02 Å². The van der Waals surface area contributed by atoms with E-state index in [1.54, 1.807) is 6.20 Å². The quantitative estimate of drug-likeness (QED) is 0.621. The van der Waals surface area contributed by atoms with E-state index in [0.717, 1.165) is 35.9 Å². The summed E-state index contributed by atoms with van der Waals surface area (Å²) in [5.41, 5.74) is 3.53. The van der Waals surface area contributed by atoms with E-state index in [0.29, 0.717) is 5.95 Å². The van der Waals surface area contributed by atoms with Crippen LogP contribution in [0.3, 0.4) is 0 Å². The number of anilines is 3. The minimum atomic E-state index is 0.584. The third kappa shape index (κ3) is 5.19. The lowest BCUT2D eigenvalue weighted by Gasteiger charge is -2.09. The van der Waals surface area contributed by atoms with Crippen molar-refractivity contribution < 1.29 is 0 Å². The molecule has 0 bridgehead atoms. The highest BCUT2D eigenvalue weighted by molar-refractivity contribution is 6.30. The maximum atomic E-state index is 5.90. The number of hydrogen-bond donors (Lipinski definition) is 2. The number of halogens is 1. The third-order valence-corrected chi connectivity index (χ3v) is 4.16. The highest BCUT2D eigenvalue weighted by Crippen LogP contribution is 2.15. The van der Waals surface area contributed by atoms with Crippen LogP contribution in [-0.2, 0) is 12.8 Å². The lowest BCUT2D eigenvalue weighted by Crippen LogP contribution is -2.07. The van der Waals surface area contributed by atoms with Gasteiger partial charge in [-0.15, -0.1) is 0 Å². The zero-order valence-electron chi connectivity index (χ0n) is 14.2. The van der Waals surface area contributed by atoms with E-state index in [1.165, 1.54) is 11.1 Å². The maximum Gasteiger partial charge on any atom is 0.229 e. The Morgan fingerprint density at radius 2 is 1.64 bits per heavy atom. The van der Waals surface area contributed by atoms with Gasteiger partial charge in [0.2, 0.25) is 5.95 Å². The number of aromatic nitrogens is 2.